The first-order valence-electron chi connectivity index (χ1n) is 11.8. The number of hydrogen-bond donors (Lipinski definition) is 4. The minimum absolute atomic E-state index is 0.0123. The van der Waals surface area contributed by atoms with Gasteiger partial charge in [0.2, 0.25) is 5.91 Å². The second kappa shape index (κ2) is 11.8. The molecule has 2 heterocycles. The van der Waals surface area contributed by atoms with E-state index >= 15 is 0 Å². The van der Waals surface area contributed by atoms with Crippen LogP contribution in [0.5, 0.6) is 0 Å². The Balaban J connectivity index is 1.75. The molecule has 3 aromatic rings. The zero-order valence-electron chi connectivity index (χ0n) is 20.8. The molecule has 4 rings (SSSR count). The third-order valence-corrected chi connectivity index (χ3v) is 8.52. The molecule has 1 aliphatic heterocycles. The summed E-state index contributed by atoms with van der Waals surface area (Å²) in [4.78, 5) is 28.8. The summed E-state index contributed by atoms with van der Waals surface area (Å²) in [6, 6.07) is 6.75. The van der Waals surface area contributed by atoms with Gasteiger partial charge in [-0.15, -0.1) is 0 Å². The number of aliphatic hydroxyl groups is 1. The normalized spacial score (nSPS) is 16.1. The van der Waals surface area contributed by atoms with Gasteiger partial charge in [0, 0.05) is 6.42 Å². The molecule has 218 valence electrons. The summed E-state index contributed by atoms with van der Waals surface area (Å²) >= 11 is 12.2. The van der Waals surface area contributed by atoms with Crippen molar-refractivity contribution in [3.8, 4) is 0 Å². The molecule has 16 heteroatoms. The molecule has 0 radical (unpaired) electrons. The summed E-state index contributed by atoms with van der Waals surface area (Å²) in [7, 11) is -4.66. The van der Waals surface area contributed by atoms with Crippen molar-refractivity contribution in [3.63, 3.8) is 0 Å². The van der Waals surface area contributed by atoms with E-state index in [0.717, 1.165) is 22.5 Å². The summed E-state index contributed by atoms with van der Waals surface area (Å²) < 4.78 is 68.3. The van der Waals surface area contributed by atoms with E-state index in [2.05, 4.69) is 15.6 Å². The fourth-order valence-corrected chi connectivity index (χ4v) is 6.25. The van der Waals surface area contributed by atoms with Crippen molar-refractivity contribution in [2.75, 3.05) is 22.8 Å². The highest BCUT2D eigenvalue weighted by Crippen LogP contribution is 2.36. The number of carbonyl (C=O) groups excluding carboxylic acids is 2. The zero-order chi connectivity index (χ0) is 30.1. The van der Waals surface area contributed by atoms with Crippen molar-refractivity contribution >= 4 is 56.4 Å². The number of fused-ring (bicyclic) bond motifs is 1. The van der Waals surface area contributed by atoms with Crippen LogP contribution >= 0.6 is 23.2 Å². The number of anilines is 2. The molecule has 0 unspecified atom stereocenters. The van der Waals surface area contributed by atoms with Crippen molar-refractivity contribution in [1.29, 1.82) is 0 Å². The predicted octanol–water partition coefficient (Wildman–Crippen LogP) is 3.22. The Morgan fingerprint density at radius 3 is 2.44 bits per heavy atom. The summed E-state index contributed by atoms with van der Waals surface area (Å²) in [6.07, 6.45) is -3.56. The topological polar surface area (TPSA) is 155 Å². The van der Waals surface area contributed by atoms with Crippen molar-refractivity contribution in [2.24, 2.45) is 5.73 Å². The van der Waals surface area contributed by atoms with Crippen molar-refractivity contribution in [3.05, 3.63) is 81.6 Å². The average Bonchev–Trinajstić information content (AvgIpc) is 2.91. The van der Waals surface area contributed by atoms with Crippen LogP contribution in [0.1, 0.15) is 21.6 Å². The van der Waals surface area contributed by atoms with Crippen molar-refractivity contribution in [2.45, 2.75) is 29.6 Å². The third-order valence-electron chi connectivity index (χ3n) is 6.12. The minimum atomic E-state index is -4.80. The van der Waals surface area contributed by atoms with Crippen LogP contribution < -0.4 is 20.7 Å². The Hall–Kier alpha value is -3.43. The van der Waals surface area contributed by atoms with Gasteiger partial charge in [-0.05, 0) is 36.4 Å². The number of nitrogens with two attached hydrogens (primary N) is 1. The van der Waals surface area contributed by atoms with Gasteiger partial charge in [-0.25, -0.2) is 8.42 Å². The van der Waals surface area contributed by atoms with Crippen molar-refractivity contribution in [1.82, 2.24) is 10.3 Å². The second-order valence-corrected chi connectivity index (χ2v) is 11.7. The second-order valence-electron chi connectivity index (χ2n) is 9.00. The van der Waals surface area contributed by atoms with E-state index in [1.165, 1.54) is 24.4 Å². The average molecular weight is 632 g/mol. The molecule has 2 atom stereocenters. The van der Waals surface area contributed by atoms with Crippen LogP contribution in [-0.4, -0.2) is 55.6 Å². The Morgan fingerprint density at radius 2 is 1.80 bits per heavy atom. The van der Waals surface area contributed by atoms with E-state index in [1.54, 1.807) is 6.07 Å². The molecule has 0 aliphatic carbocycles. The number of aromatic nitrogens is 1. The van der Waals surface area contributed by atoms with E-state index in [4.69, 9.17) is 28.9 Å². The summed E-state index contributed by atoms with van der Waals surface area (Å²) in [6.45, 7) is -1.08. The number of benzene rings is 2. The maximum Gasteiger partial charge on any atom is 0.416 e. The summed E-state index contributed by atoms with van der Waals surface area (Å²) in [5.41, 5.74) is 4.50. The lowest BCUT2D eigenvalue weighted by Gasteiger charge is -2.35. The number of rotatable bonds is 7. The number of sulfonamides is 1. The van der Waals surface area contributed by atoms with Crippen LogP contribution in [0.4, 0.5) is 24.5 Å². The largest absolute Gasteiger partial charge is 0.416 e. The van der Waals surface area contributed by atoms with Crippen LogP contribution in [-0.2, 0) is 27.4 Å². The van der Waals surface area contributed by atoms with E-state index in [9.17, 15) is 36.3 Å². The Kier molecular flexibility index (Phi) is 8.80. The number of halogens is 5. The van der Waals surface area contributed by atoms with E-state index in [0.29, 0.717) is 6.07 Å². The highest BCUT2D eigenvalue weighted by atomic mass is 35.5. The first-order chi connectivity index (χ1) is 19.2. The monoisotopic (exact) mass is 631 g/mol. The number of hydrogen-bond acceptors (Lipinski definition) is 7. The first kappa shape index (κ1) is 30.5. The van der Waals surface area contributed by atoms with Gasteiger partial charge in [0.1, 0.15) is 6.04 Å². The van der Waals surface area contributed by atoms with Gasteiger partial charge in [0.05, 0.1) is 68.5 Å². The molecular formula is C25H22Cl2F3N5O5S. The van der Waals surface area contributed by atoms with Crippen LogP contribution in [0, 0.1) is 0 Å². The number of nitrogens with one attached hydrogen (secondary N) is 2. The third kappa shape index (κ3) is 6.57. The lowest BCUT2D eigenvalue weighted by molar-refractivity contribution is -0.137. The molecule has 10 nitrogen and oxygen atoms in total. The molecule has 1 aromatic heterocycles. The molecule has 0 fully saturated rings. The van der Waals surface area contributed by atoms with Crippen LogP contribution in [0.15, 0.2) is 59.6 Å². The quantitative estimate of drug-likeness (QED) is 0.312. The Bertz CT molecular complexity index is 1590. The highest BCUT2D eigenvalue weighted by Gasteiger charge is 2.37. The summed E-state index contributed by atoms with van der Waals surface area (Å²) in [5, 5.41) is 14.4. The first-order valence-corrected chi connectivity index (χ1v) is 14.0. The standard InChI is InChI=1S/C25H22Cl2F3N5O5S/c26-17-5-2-6-18(27)22(17)24(38)33-14-9-21-20(32-10-14)8-15(34-23(37)19(31)12-36)11-35(21)41(39,40)16-4-1-3-13(7-16)25(28,29)30/h1-7,9-10,15,19,36H,8,11-12,31H2,(H,33,38)(H,34,37)/t15-,19-/m1/s1. The molecule has 1 aliphatic rings. The van der Waals surface area contributed by atoms with Gasteiger partial charge < -0.3 is 21.5 Å². The SMILES string of the molecule is N[C@H](CO)C(=O)N[C@@H]1Cc2ncc(NC(=O)c3c(Cl)cccc3Cl)cc2N(S(=O)(=O)c2cccc(C(F)(F)F)c2)C1. The van der Waals surface area contributed by atoms with Crippen LogP contribution in [0.25, 0.3) is 0 Å². The highest BCUT2D eigenvalue weighted by molar-refractivity contribution is 7.92. The number of amides is 2. The van der Waals surface area contributed by atoms with E-state index in [-0.39, 0.29) is 39.1 Å². The molecule has 0 bridgehead atoms. The zero-order valence-corrected chi connectivity index (χ0v) is 23.2. The predicted molar refractivity (Wildman–Crippen MR) is 145 cm³/mol. The fourth-order valence-electron chi connectivity index (χ4n) is 4.10. The van der Waals surface area contributed by atoms with Crippen LogP contribution in [0.3, 0.4) is 0 Å². The number of alkyl halides is 3. The van der Waals surface area contributed by atoms with Crippen LogP contribution in [0.2, 0.25) is 10.0 Å². The molecular weight excluding hydrogens is 610 g/mol. The molecule has 0 saturated heterocycles. The van der Waals surface area contributed by atoms with Gasteiger partial charge in [-0.1, -0.05) is 35.3 Å². The van der Waals surface area contributed by atoms with Gasteiger partial charge in [-0.3, -0.25) is 18.9 Å². The lowest BCUT2D eigenvalue weighted by Crippen LogP contribution is -2.54. The number of carbonyl (C=O) groups is 2. The Morgan fingerprint density at radius 1 is 1.15 bits per heavy atom. The smallest absolute Gasteiger partial charge is 0.394 e. The molecule has 2 aromatic carbocycles. The molecule has 41 heavy (non-hydrogen) atoms. The van der Waals surface area contributed by atoms with E-state index in [1.807, 2.05) is 0 Å². The number of pyridine rings is 1. The fraction of sp³-hybridized carbons (Fsp3) is 0.240. The Labute approximate surface area is 242 Å². The van der Waals surface area contributed by atoms with Gasteiger partial charge in [0.25, 0.3) is 15.9 Å². The number of aliphatic hydroxyl groups excluding tert-OH is 1. The maximum atomic E-state index is 13.7. The van der Waals surface area contributed by atoms with E-state index < -0.39 is 63.7 Å². The molecule has 0 spiro atoms. The number of nitrogens with zero attached hydrogens (tertiary/aromatic N) is 2. The molecule has 2 amide bonds. The van der Waals surface area contributed by atoms with Crippen molar-refractivity contribution < 1.29 is 36.3 Å². The summed E-state index contributed by atoms with van der Waals surface area (Å²) in [5.74, 6) is -1.48. The molecule has 0 saturated carbocycles. The lowest BCUT2D eigenvalue weighted by atomic mass is 10.0. The van der Waals surface area contributed by atoms with Gasteiger partial charge in [0.15, 0.2) is 0 Å². The molecule has 5 N–H and O–H groups in total. The van der Waals surface area contributed by atoms with Gasteiger partial charge >= 0.3 is 6.18 Å². The van der Waals surface area contributed by atoms with Gasteiger partial charge in [-0.2, -0.15) is 13.2 Å². The maximum absolute atomic E-state index is 13.7. The minimum Gasteiger partial charge on any atom is -0.394 e.